The van der Waals surface area contributed by atoms with Crippen LogP contribution in [0.5, 0.6) is 11.5 Å². The van der Waals surface area contributed by atoms with E-state index in [0.717, 1.165) is 11.3 Å². The first kappa shape index (κ1) is 21.4. The number of nitriles is 1. The molecule has 0 aliphatic carbocycles. The fourth-order valence-corrected chi connectivity index (χ4v) is 3.97. The largest absolute Gasteiger partial charge is 0.497 e. The van der Waals surface area contributed by atoms with E-state index in [1.165, 1.54) is 17.8 Å². The third kappa shape index (κ3) is 4.90. The van der Waals surface area contributed by atoms with Crippen LogP contribution in [-0.4, -0.2) is 21.9 Å². The number of thioether (sulfide) groups is 1. The second-order valence-corrected chi connectivity index (χ2v) is 7.69. The second-order valence-electron chi connectivity index (χ2n) is 6.75. The summed E-state index contributed by atoms with van der Waals surface area (Å²) in [5.74, 6) is 2.01. The molecule has 0 aliphatic rings. The maximum atomic E-state index is 14.6. The van der Waals surface area contributed by atoms with Gasteiger partial charge in [0.1, 0.15) is 23.9 Å². The van der Waals surface area contributed by atoms with Crippen LogP contribution in [0.2, 0.25) is 0 Å². The summed E-state index contributed by atoms with van der Waals surface area (Å²) in [5, 5.41) is 18.2. The van der Waals surface area contributed by atoms with Gasteiger partial charge in [0.15, 0.2) is 11.0 Å². The van der Waals surface area contributed by atoms with E-state index < -0.39 is 0 Å². The van der Waals surface area contributed by atoms with Crippen LogP contribution in [0.25, 0.3) is 5.69 Å². The van der Waals surface area contributed by atoms with Crippen LogP contribution < -0.4 is 9.47 Å². The Hall–Kier alpha value is -3.83. The summed E-state index contributed by atoms with van der Waals surface area (Å²) < 4.78 is 27.3. The monoisotopic (exact) mass is 446 g/mol. The van der Waals surface area contributed by atoms with Crippen LogP contribution >= 0.6 is 11.8 Å². The summed E-state index contributed by atoms with van der Waals surface area (Å²) in [6, 6.07) is 23.1. The van der Waals surface area contributed by atoms with Crippen LogP contribution in [0.15, 0.2) is 78.0 Å². The van der Waals surface area contributed by atoms with E-state index in [-0.39, 0.29) is 12.4 Å². The lowest BCUT2D eigenvalue weighted by Gasteiger charge is -2.12. The van der Waals surface area contributed by atoms with Crippen molar-refractivity contribution in [2.24, 2.45) is 0 Å². The van der Waals surface area contributed by atoms with Gasteiger partial charge >= 0.3 is 0 Å². The highest BCUT2D eigenvalue weighted by molar-refractivity contribution is 7.98. The molecule has 0 radical (unpaired) electrons. The zero-order valence-corrected chi connectivity index (χ0v) is 18.1. The summed E-state index contributed by atoms with van der Waals surface area (Å²) in [7, 11) is 1.60. The lowest BCUT2D eigenvalue weighted by Crippen LogP contribution is -2.08. The first-order valence-electron chi connectivity index (χ1n) is 9.76. The van der Waals surface area contributed by atoms with Crippen LogP contribution in [-0.2, 0) is 12.4 Å². The molecule has 0 amide bonds. The summed E-state index contributed by atoms with van der Waals surface area (Å²) in [6.45, 7) is 0.109. The van der Waals surface area contributed by atoms with Crippen LogP contribution in [0.3, 0.4) is 0 Å². The van der Waals surface area contributed by atoms with Gasteiger partial charge in [0.05, 0.1) is 24.4 Å². The molecule has 0 fully saturated rings. The van der Waals surface area contributed by atoms with Gasteiger partial charge in [-0.15, -0.1) is 10.2 Å². The fraction of sp³-hybridized carbons (Fsp3) is 0.125. The Labute approximate surface area is 189 Å². The molecular weight excluding hydrogens is 427 g/mol. The maximum absolute atomic E-state index is 14.6. The Balaban J connectivity index is 1.59. The highest BCUT2D eigenvalue weighted by atomic mass is 32.2. The summed E-state index contributed by atoms with van der Waals surface area (Å²) in [6.07, 6.45) is 0. The Morgan fingerprint density at radius 1 is 1.00 bits per heavy atom. The van der Waals surface area contributed by atoms with Gasteiger partial charge in [-0.1, -0.05) is 36.0 Å². The van der Waals surface area contributed by atoms with Crippen molar-refractivity contribution in [2.75, 3.05) is 7.11 Å². The van der Waals surface area contributed by atoms with Crippen LogP contribution in [0, 0.1) is 17.1 Å². The number of hydrogen-bond donors (Lipinski definition) is 0. The topological polar surface area (TPSA) is 73.0 Å². The van der Waals surface area contributed by atoms with E-state index in [1.54, 1.807) is 60.2 Å². The van der Waals surface area contributed by atoms with E-state index in [0.29, 0.717) is 33.7 Å². The molecule has 1 aromatic heterocycles. The molecule has 160 valence electrons. The van der Waals surface area contributed by atoms with Crippen molar-refractivity contribution >= 4 is 11.8 Å². The molecule has 0 unspecified atom stereocenters. The smallest absolute Gasteiger partial charge is 0.196 e. The van der Waals surface area contributed by atoms with Crippen molar-refractivity contribution in [1.82, 2.24) is 14.8 Å². The predicted octanol–water partition coefficient (Wildman–Crippen LogP) is 5.16. The lowest BCUT2D eigenvalue weighted by molar-refractivity contribution is 0.292. The molecule has 8 heteroatoms. The maximum Gasteiger partial charge on any atom is 0.196 e. The van der Waals surface area contributed by atoms with Gasteiger partial charge in [-0.3, -0.25) is 4.57 Å². The molecule has 4 aromatic rings. The van der Waals surface area contributed by atoms with E-state index >= 15 is 0 Å². The minimum atomic E-state index is -0.383. The summed E-state index contributed by atoms with van der Waals surface area (Å²) >= 11 is 1.41. The number of para-hydroxylation sites is 1. The van der Waals surface area contributed by atoms with Crippen molar-refractivity contribution in [1.29, 1.82) is 5.26 Å². The van der Waals surface area contributed by atoms with Gasteiger partial charge in [-0.2, -0.15) is 5.26 Å². The van der Waals surface area contributed by atoms with Crippen molar-refractivity contribution in [3.05, 3.63) is 95.6 Å². The molecule has 0 spiro atoms. The minimum Gasteiger partial charge on any atom is -0.497 e. The number of benzene rings is 3. The SMILES string of the molecule is COc1ccc(OCc2nnc(SCc3cccc(C#N)c3)n2-c2ccccc2F)cc1. The number of hydrogen-bond acceptors (Lipinski definition) is 6. The molecule has 1 heterocycles. The van der Waals surface area contributed by atoms with E-state index in [9.17, 15) is 4.39 Å². The molecule has 0 aliphatic heterocycles. The van der Waals surface area contributed by atoms with Gasteiger partial charge < -0.3 is 9.47 Å². The molecule has 0 saturated carbocycles. The number of methoxy groups -OCH3 is 1. The first-order valence-corrected chi connectivity index (χ1v) is 10.7. The van der Waals surface area contributed by atoms with E-state index in [1.807, 2.05) is 18.2 Å². The number of ether oxygens (including phenoxy) is 2. The highest BCUT2D eigenvalue weighted by Crippen LogP contribution is 2.27. The van der Waals surface area contributed by atoms with Crippen molar-refractivity contribution in [3.63, 3.8) is 0 Å². The number of aromatic nitrogens is 3. The van der Waals surface area contributed by atoms with Crippen LogP contribution in [0.1, 0.15) is 17.0 Å². The molecule has 0 atom stereocenters. The molecule has 4 rings (SSSR count). The molecule has 0 saturated heterocycles. The zero-order valence-electron chi connectivity index (χ0n) is 17.2. The van der Waals surface area contributed by atoms with Crippen molar-refractivity contribution < 1.29 is 13.9 Å². The highest BCUT2D eigenvalue weighted by Gasteiger charge is 2.18. The lowest BCUT2D eigenvalue weighted by atomic mass is 10.2. The average molecular weight is 447 g/mol. The van der Waals surface area contributed by atoms with Gasteiger partial charge in [0, 0.05) is 5.75 Å². The molecule has 32 heavy (non-hydrogen) atoms. The second kappa shape index (κ2) is 9.98. The van der Waals surface area contributed by atoms with Gasteiger partial charge in [-0.05, 0) is 54.1 Å². The van der Waals surface area contributed by atoms with E-state index in [4.69, 9.17) is 14.7 Å². The molecular formula is C24H19FN4O2S. The Morgan fingerprint density at radius 2 is 1.78 bits per heavy atom. The Bertz CT molecular complexity index is 1250. The predicted molar refractivity (Wildman–Crippen MR) is 119 cm³/mol. The normalized spacial score (nSPS) is 10.5. The minimum absolute atomic E-state index is 0.109. The number of rotatable bonds is 8. The fourth-order valence-electron chi connectivity index (χ4n) is 3.06. The van der Waals surface area contributed by atoms with Gasteiger partial charge in [0.2, 0.25) is 0 Å². The van der Waals surface area contributed by atoms with Gasteiger partial charge in [0.25, 0.3) is 0 Å². The molecule has 6 nitrogen and oxygen atoms in total. The third-order valence-corrected chi connectivity index (χ3v) is 5.65. The van der Waals surface area contributed by atoms with E-state index in [2.05, 4.69) is 16.3 Å². The summed E-state index contributed by atoms with van der Waals surface area (Å²) in [4.78, 5) is 0. The quantitative estimate of drug-likeness (QED) is 0.348. The average Bonchev–Trinajstić information content (AvgIpc) is 3.24. The van der Waals surface area contributed by atoms with Crippen LogP contribution in [0.4, 0.5) is 4.39 Å². The van der Waals surface area contributed by atoms with Crippen molar-refractivity contribution in [3.8, 4) is 23.3 Å². The number of halogens is 1. The zero-order chi connectivity index (χ0) is 22.3. The first-order chi connectivity index (χ1) is 15.7. The Morgan fingerprint density at radius 3 is 2.53 bits per heavy atom. The standard InChI is InChI=1S/C24H19FN4O2S/c1-30-19-9-11-20(12-10-19)31-15-23-27-28-24(29(23)22-8-3-2-7-21(22)25)32-16-18-6-4-5-17(13-18)14-26/h2-13H,15-16H2,1H3. The van der Waals surface area contributed by atoms with Crippen molar-refractivity contribution in [2.45, 2.75) is 17.5 Å². The summed E-state index contributed by atoms with van der Waals surface area (Å²) in [5.41, 5.74) is 1.90. The third-order valence-electron chi connectivity index (χ3n) is 4.65. The number of nitrogens with zero attached hydrogens (tertiary/aromatic N) is 4. The molecule has 0 N–H and O–H groups in total. The molecule has 0 bridgehead atoms. The molecule has 3 aromatic carbocycles. The Kier molecular flexibility index (Phi) is 6.68. The van der Waals surface area contributed by atoms with Gasteiger partial charge in [-0.25, -0.2) is 4.39 Å².